The lowest BCUT2D eigenvalue weighted by Gasteiger charge is -2.31. The predicted molar refractivity (Wildman–Crippen MR) is 48.7 cm³/mol. The van der Waals surface area contributed by atoms with Crippen LogP contribution in [-0.4, -0.2) is 18.0 Å². The van der Waals surface area contributed by atoms with E-state index >= 15 is 0 Å². The van der Waals surface area contributed by atoms with E-state index in [9.17, 15) is 4.79 Å². The molecule has 0 radical (unpaired) electrons. The first-order chi connectivity index (χ1) is 5.69. The van der Waals surface area contributed by atoms with E-state index in [1.807, 2.05) is 6.92 Å². The fourth-order valence-electron chi connectivity index (χ4n) is 1.75. The maximum Gasteiger partial charge on any atom is 0.240 e. The summed E-state index contributed by atoms with van der Waals surface area (Å²) < 4.78 is 0. The van der Waals surface area contributed by atoms with Gasteiger partial charge in [-0.05, 0) is 19.8 Å². The quantitative estimate of drug-likeness (QED) is 0.643. The summed E-state index contributed by atoms with van der Waals surface area (Å²) in [5.74, 6) is 0.0321. The van der Waals surface area contributed by atoms with Crippen molar-refractivity contribution in [3.05, 3.63) is 0 Å². The second-order valence-corrected chi connectivity index (χ2v) is 3.58. The highest BCUT2D eigenvalue weighted by Crippen LogP contribution is 2.25. The van der Waals surface area contributed by atoms with Crippen molar-refractivity contribution in [3.8, 4) is 0 Å². The molecule has 0 atom stereocenters. The second-order valence-electron chi connectivity index (χ2n) is 3.58. The molecule has 0 heterocycles. The first-order valence-electron chi connectivity index (χ1n) is 4.76. The molecule has 0 aliphatic heterocycles. The van der Waals surface area contributed by atoms with Crippen LogP contribution in [0.15, 0.2) is 0 Å². The summed E-state index contributed by atoms with van der Waals surface area (Å²) in [6.45, 7) is 2.60. The molecule has 0 bridgehead atoms. The Morgan fingerprint density at radius 3 is 2.50 bits per heavy atom. The van der Waals surface area contributed by atoms with E-state index in [0.29, 0.717) is 6.54 Å². The third-order valence-corrected chi connectivity index (χ3v) is 2.54. The average molecular weight is 170 g/mol. The highest BCUT2D eigenvalue weighted by molar-refractivity contribution is 5.86. The van der Waals surface area contributed by atoms with Crippen molar-refractivity contribution >= 4 is 5.91 Å². The van der Waals surface area contributed by atoms with Crippen LogP contribution in [0, 0.1) is 0 Å². The van der Waals surface area contributed by atoms with Gasteiger partial charge in [-0.2, -0.15) is 0 Å². The maximum atomic E-state index is 11.5. The van der Waals surface area contributed by atoms with Crippen molar-refractivity contribution < 1.29 is 4.79 Å². The lowest BCUT2D eigenvalue weighted by Crippen LogP contribution is -2.54. The molecule has 1 aliphatic carbocycles. The van der Waals surface area contributed by atoms with E-state index in [1.54, 1.807) is 0 Å². The van der Waals surface area contributed by atoms with E-state index in [0.717, 1.165) is 25.7 Å². The number of carbonyl (C=O) groups is 1. The summed E-state index contributed by atoms with van der Waals surface area (Å²) in [7, 11) is 0. The van der Waals surface area contributed by atoms with Gasteiger partial charge in [0.2, 0.25) is 5.91 Å². The molecule has 70 valence electrons. The van der Waals surface area contributed by atoms with Gasteiger partial charge in [0, 0.05) is 6.54 Å². The van der Waals surface area contributed by atoms with Gasteiger partial charge in [0.1, 0.15) is 0 Å². The number of nitrogens with two attached hydrogens (primary N) is 1. The molecule has 0 aromatic carbocycles. The van der Waals surface area contributed by atoms with E-state index in [4.69, 9.17) is 5.73 Å². The summed E-state index contributed by atoms with van der Waals surface area (Å²) in [6, 6.07) is 0. The van der Waals surface area contributed by atoms with Gasteiger partial charge in [-0.15, -0.1) is 0 Å². The van der Waals surface area contributed by atoms with Crippen LogP contribution in [-0.2, 0) is 4.79 Å². The average Bonchev–Trinajstić information content (AvgIpc) is 2.06. The fraction of sp³-hybridized carbons (Fsp3) is 0.889. The summed E-state index contributed by atoms with van der Waals surface area (Å²) in [6.07, 6.45) is 5.09. The second kappa shape index (κ2) is 3.90. The number of likely N-dealkylation sites (N-methyl/N-ethyl adjacent to an activating group) is 1. The highest BCUT2D eigenvalue weighted by atomic mass is 16.2. The zero-order chi connectivity index (χ0) is 9.03. The lowest BCUT2D eigenvalue weighted by molar-refractivity contribution is -0.127. The topological polar surface area (TPSA) is 55.1 Å². The molecule has 1 aliphatic rings. The van der Waals surface area contributed by atoms with Gasteiger partial charge >= 0.3 is 0 Å². The molecule has 0 aromatic heterocycles. The predicted octanol–water partition coefficient (Wildman–Crippen LogP) is 0.784. The lowest BCUT2D eigenvalue weighted by atomic mass is 9.82. The third kappa shape index (κ3) is 1.97. The Balaban J connectivity index is 2.50. The van der Waals surface area contributed by atoms with E-state index in [2.05, 4.69) is 5.32 Å². The molecule has 1 saturated carbocycles. The smallest absolute Gasteiger partial charge is 0.240 e. The Kier molecular flexibility index (Phi) is 3.09. The summed E-state index contributed by atoms with van der Waals surface area (Å²) >= 11 is 0. The minimum absolute atomic E-state index is 0.0321. The van der Waals surface area contributed by atoms with Gasteiger partial charge in [0.25, 0.3) is 0 Å². The minimum Gasteiger partial charge on any atom is -0.355 e. The Morgan fingerprint density at radius 2 is 2.00 bits per heavy atom. The molecule has 0 spiro atoms. The van der Waals surface area contributed by atoms with Crippen molar-refractivity contribution in [2.75, 3.05) is 6.54 Å². The first-order valence-corrected chi connectivity index (χ1v) is 4.76. The van der Waals surface area contributed by atoms with Crippen LogP contribution in [0.5, 0.6) is 0 Å². The Hall–Kier alpha value is -0.570. The molecule has 0 unspecified atom stereocenters. The zero-order valence-corrected chi connectivity index (χ0v) is 7.73. The number of hydrogen-bond donors (Lipinski definition) is 2. The van der Waals surface area contributed by atoms with Crippen molar-refractivity contribution in [2.24, 2.45) is 5.73 Å². The van der Waals surface area contributed by atoms with Crippen molar-refractivity contribution in [1.82, 2.24) is 5.32 Å². The van der Waals surface area contributed by atoms with Crippen LogP contribution < -0.4 is 11.1 Å². The van der Waals surface area contributed by atoms with E-state index in [-0.39, 0.29) is 5.91 Å². The van der Waals surface area contributed by atoms with Crippen LogP contribution in [0.3, 0.4) is 0 Å². The summed E-state index contributed by atoms with van der Waals surface area (Å²) in [5.41, 5.74) is 5.42. The highest BCUT2D eigenvalue weighted by Gasteiger charge is 2.34. The fourth-order valence-corrected chi connectivity index (χ4v) is 1.75. The molecule has 1 fully saturated rings. The van der Waals surface area contributed by atoms with Gasteiger partial charge < -0.3 is 11.1 Å². The zero-order valence-electron chi connectivity index (χ0n) is 7.73. The number of nitrogens with one attached hydrogen (secondary N) is 1. The molecule has 0 aromatic rings. The molecule has 1 amide bonds. The summed E-state index contributed by atoms with van der Waals surface area (Å²) in [4.78, 5) is 11.5. The third-order valence-electron chi connectivity index (χ3n) is 2.54. The van der Waals surface area contributed by atoms with Gasteiger partial charge in [-0.3, -0.25) is 4.79 Å². The molecular weight excluding hydrogens is 152 g/mol. The minimum atomic E-state index is -0.561. The maximum absolute atomic E-state index is 11.5. The molecule has 3 heteroatoms. The van der Waals surface area contributed by atoms with Gasteiger partial charge in [0.15, 0.2) is 0 Å². The monoisotopic (exact) mass is 170 g/mol. The van der Waals surface area contributed by atoms with Crippen molar-refractivity contribution in [3.63, 3.8) is 0 Å². The number of carbonyl (C=O) groups excluding carboxylic acids is 1. The molecule has 1 rings (SSSR count). The van der Waals surface area contributed by atoms with Gasteiger partial charge in [-0.1, -0.05) is 19.3 Å². The van der Waals surface area contributed by atoms with E-state index in [1.165, 1.54) is 6.42 Å². The van der Waals surface area contributed by atoms with Gasteiger partial charge in [0.05, 0.1) is 5.54 Å². The largest absolute Gasteiger partial charge is 0.355 e. The normalized spacial score (nSPS) is 21.8. The van der Waals surface area contributed by atoms with Crippen LogP contribution in [0.2, 0.25) is 0 Å². The number of hydrogen-bond acceptors (Lipinski definition) is 2. The van der Waals surface area contributed by atoms with Crippen LogP contribution in [0.4, 0.5) is 0 Å². The Labute approximate surface area is 73.7 Å². The molecule has 0 saturated heterocycles. The van der Waals surface area contributed by atoms with Gasteiger partial charge in [-0.25, -0.2) is 0 Å². The van der Waals surface area contributed by atoms with Crippen LogP contribution in [0.1, 0.15) is 39.0 Å². The summed E-state index contributed by atoms with van der Waals surface area (Å²) in [5, 5.41) is 2.79. The Bertz CT molecular complexity index is 162. The SMILES string of the molecule is CCNC(=O)C1(N)CCCCC1. The molecular formula is C9H18N2O. The molecule has 3 N–H and O–H groups in total. The van der Waals surface area contributed by atoms with Crippen molar-refractivity contribution in [2.45, 2.75) is 44.6 Å². The number of amides is 1. The molecule has 12 heavy (non-hydrogen) atoms. The number of rotatable bonds is 2. The van der Waals surface area contributed by atoms with Crippen LogP contribution >= 0.6 is 0 Å². The van der Waals surface area contributed by atoms with Crippen LogP contribution in [0.25, 0.3) is 0 Å². The standard InChI is InChI=1S/C9H18N2O/c1-2-11-8(12)9(10)6-4-3-5-7-9/h2-7,10H2,1H3,(H,11,12). The first kappa shape index (κ1) is 9.52. The van der Waals surface area contributed by atoms with E-state index < -0.39 is 5.54 Å². The Morgan fingerprint density at radius 1 is 1.42 bits per heavy atom. The molecule has 3 nitrogen and oxygen atoms in total. The van der Waals surface area contributed by atoms with Crippen molar-refractivity contribution in [1.29, 1.82) is 0 Å².